The van der Waals surface area contributed by atoms with Crippen molar-refractivity contribution >= 4 is 23.4 Å². The number of carbonyl (C=O) groups excluding carboxylic acids is 2. The van der Waals surface area contributed by atoms with Gasteiger partial charge in [-0.15, -0.1) is 0 Å². The summed E-state index contributed by atoms with van der Waals surface area (Å²) in [5.74, 6) is -2.32. The highest BCUT2D eigenvalue weighted by atomic mass is 35.5. The van der Waals surface area contributed by atoms with Gasteiger partial charge in [0.05, 0.1) is 12.5 Å². The highest BCUT2D eigenvalue weighted by molar-refractivity contribution is 6.30. The third-order valence-electron chi connectivity index (χ3n) is 3.82. The number of pyridine rings is 1. The molecule has 2 atom stereocenters. The first kappa shape index (κ1) is 19.5. The molecule has 2 unspecified atom stereocenters. The van der Waals surface area contributed by atoms with Gasteiger partial charge in [-0.2, -0.15) is 0 Å². The van der Waals surface area contributed by atoms with Crippen LogP contribution in [0.2, 0.25) is 5.02 Å². The van der Waals surface area contributed by atoms with Crippen LogP contribution in [-0.4, -0.2) is 34.3 Å². The quantitative estimate of drug-likeness (QED) is 0.303. The lowest BCUT2D eigenvalue weighted by atomic mass is 9.86. The minimum absolute atomic E-state index is 0.00800. The number of benzene rings is 1. The Morgan fingerprint density at radius 3 is 2.50 bits per heavy atom. The Hall–Kier alpha value is -2.80. The topological polar surface area (TPSA) is 99.4 Å². The largest absolute Gasteiger partial charge is 0.461 e. The summed E-state index contributed by atoms with van der Waals surface area (Å²) >= 11 is 5.82. The molecule has 8 heteroatoms. The molecular weight excluding hydrogens is 360 g/mol. The minimum Gasteiger partial charge on any atom is -0.461 e. The molecule has 136 valence electrons. The first-order valence-corrected chi connectivity index (χ1v) is 8.30. The summed E-state index contributed by atoms with van der Waals surface area (Å²) in [6.07, 6.45) is 2.68. The van der Waals surface area contributed by atoms with E-state index in [-0.39, 0.29) is 18.8 Å². The molecular formula is C18H17ClN2O5. The van der Waals surface area contributed by atoms with E-state index in [2.05, 4.69) is 4.98 Å². The smallest absolute Gasteiger partial charge is 0.382 e. The van der Waals surface area contributed by atoms with E-state index in [0.29, 0.717) is 16.1 Å². The van der Waals surface area contributed by atoms with Crippen molar-refractivity contribution in [3.8, 4) is 0 Å². The van der Waals surface area contributed by atoms with Crippen LogP contribution < -0.4 is 0 Å². The second-order valence-corrected chi connectivity index (χ2v) is 5.95. The average Bonchev–Trinajstić information content (AvgIpc) is 2.62. The highest BCUT2D eigenvalue weighted by Crippen LogP contribution is 2.28. The number of ether oxygens (including phenoxy) is 1. The molecule has 0 bridgehead atoms. The highest BCUT2D eigenvalue weighted by Gasteiger charge is 2.42. The fourth-order valence-electron chi connectivity index (χ4n) is 2.59. The van der Waals surface area contributed by atoms with E-state index in [9.17, 15) is 19.7 Å². The molecule has 0 aliphatic heterocycles. The van der Waals surface area contributed by atoms with Crippen LogP contribution in [0, 0.1) is 10.1 Å². The van der Waals surface area contributed by atoms with Gasteiger partial charge in [0.2, 0.25) is 0 Å². The van der Waals surface area contributed by atoms with Crippen LogP contribution in [0.5, 0.6) is 0 Å². The lowest BCUT2D eigenvalue weighted by molar-refractivity contribution is -0.514. The summed E-state index contributed by atoms with van der Waals surface area (Å²) in [5, 5.41) is 12.0. The zero-order valence-corrected chi connectivity index (χ0v) is 14.8. The Labute approximate surface area is 155 Å². The van der Waals surface area contributed by atoms with Gasteiger partial charge in [0.1, 0.15) is 0 Å². The number of halogens is 1. The predicted octanol–water partition coefficient (Wildman–Crippen LogP) is 3.30. The zero-order chi connectivity index (χ0) is 19.1. The number of aromatic nitrogens is 1. The van der Waals surface area contributed by atoms with E-state index in [0.717, 1.165) is 0 Å². The second kappa shape index (κ2) is 9.05. The number of esters is 1. The fourth-order valence-corrected chi connectivity index (χ4v) is 2.71. The third-order valence-corrected chi connectivity index (χ3v) is 4.07. The van der Waals surface area contributed by atoms with Crippen molar-refractivity contribution < 1.29 is 19.2 Å². The van der Waals surface area contributed by atoms with E-state index < -0.39 is 22.9 Å². The molecule has 1 heterocycles. The van der Waals surface area contributed by atoms with Crippen molar-refractivity contribution in [1.82, 2.24) is 4.98 Å². The molecule has 1 aromatic heterocycles. The summed E-state index contributed by atoms with van der Waals surface area (Å²) in [7, 11) is 0. The molecule has 0 amide bonds. The number of Topliss-reactive ketones (excluding diaryl/α,β-unsaturated/α-hetero) is 1. The average molecular weight is 377 g/mol. The van der Waals surface area contributed by atoms with E-state index in [1.165, 1.54) is 24.5 Å². The van der Waals surface area contributed by atoms with Crippen LogP contribution in [0.1, 0.15) is 35.2 Å². The van der Waals surface area contributed by atoms with Gasteiger partial charge >= 0.3 is 12.0 Å². The summed E-state index contributed by atoms with van der Waals surface area (Å²) in [4.78, 5) is 39.5. The summed E-state index contributed by atoms with van der Waals surface area (Å²) in [5.41, 5.74) is 0.777. The Balaban J connectivity index is 2.37. The van der Waals surface area contributed by atoms with Gasteiger partial charge in [-0.05, 0) is 42.8 Å². The standard InChI is InChI=1S/C18H17ClN2O5/c1-2-26-18(23)17(21(24)25)15(13-4-3-9-20-11-13)10-16(22)12-5-7-14(19)8-6-12/h3-9,11,15,17H,2,10H2,1H3. The molecule has 0 saturated carbocycles. The van der Waals surface area contributed by atoms with Gasteiger partial charge in [-0.1, -0.05) is 17.7 Å². The molecule has 0 aliphatic carbocycles. The van der Waals surface area contributed by atoms with Crippen LogP contribution in [0.25, 0.3) is 0 Å². The minimum atomic E-state index is -1.70. The predicted molar refractivity (Wildman–Crippen MR) is 94.8 cm³/mol. The maximum Gasteiger partial charge on any atom is 0.382 e. The molecule has 2 rings (SSSR count). The first-order chi connectivity index (χ1) is 12.4. The number of hydrogen-bond acceptors (Lipinski definition) is 6. The lowest BCUT2D eigenvalue weighted by Crippen LogP contribution is -2.38. The molecule has 0 aliphatic rings. The monoisotopic (exact) mass is 376 g/mol. The maximum atomic E-state index is 12.6. The van der Waals surface area contributed by atoms with Crippen molar-refractivity contribution in [3.63, 3.8) is 0 Å². The molecule has 0 spiro atoms. The Morgan fingerprint density at radius 2 is 1.96 bits per heavy atom. The number of carbonyl (C=O) groups is 2. The molecule has 2 aromatic rings. The van der Waals surface area contributed by atoms with E-state index in [1.807, 2.05) is 0 Å². The number of nitrogens with zero attached hydrogens (tertiary/aromatic N) is 2. The van der Waals surface area contributed by atoms with Crippen molar-refractivity contribution in [2.45, 2.75) is 25.3 Å². The van der Waals surface area contributed by atoms with Gasteiger partial charge in [0, 0.05) is 34.3 Å². The summed E-state index contributed by atoms with van der Waals surface area (Å²) in [6, 6.07) is 7.69. The lowest BCUT2D eigenvalue weighted by Gasteiger charge is -2.19. The van der Waals surface area contributed by atoms with Crippen LogP contribution in [0.4, 0.5) is 0 Å². The van der Waals surface area contributed by atoms with Crippen molar-refractivity contribution in [1.29, 1.82) is 0 Å². The van der Waals surface area contributed by atoms with Crippen molar-refractivity contribution in [2.75, 3.05) is 6.61 Å². The maximum absolute atomic E-state index is 12.6. The number of rotatable bonds is 8. The second-order valence-electron chi connectivity index (χ2n) is 5.51. The van der Waals surface area contributed by atoms with Crippen molar-refractivity contribution in [2.24, 2.45) is 0 Å². The zero-order valence-electron chi connectivity index (χ0n) is 14.0. The van der Waals surface area contributed by atoms with Crippen LogP contribution in [0.15, 0.2) is 48.8 Å². The molecule has 0 fully saturated rings. The summed E-state index contributed by atoms with van der Waals surface area (Å²) in [6.45, 7) is 1.57. The Morgan fingerprint density at radius 1 is 1.27 bits per heavy atom. The van der Waals surface area contributed by atoms with E-state index in [1.54, 1.807) is 31.2 Å². The SMILES string of the molecule is CCOC(=O)C(C(CC(=O)c1ccc(Cl)cc1)c1cccnc1)[N+](=O)[O-]. The van der Waals surface area contributed by atoms with Crippen LogP contribution in [0.3, 0.4) is 0 Å². The Bertz CT molecular complexity index is 780. The molecule has 0 N–H and O–H groups in total. The number of hydrogen-bond donors (Lipinski definition) is 0. The van der Waals surface area contributed by atoms with Gasteiger partial charge < -0.3 is 4.74 Å². The summed E-state index contributed by atoms with van der Waals surface area (Å²) < 4.78 is 4.84. The fraction of sp³-hybridized carbons (Fsp3) is 0.278. The van der Waals surface area contributed by atoms with E-state index >= 15 is 0 Å². The molecule has 0 saturated heterocycles. The normalized spacial score (nSPS) is 12.8. The Kier molecular flexibility index (Phi) is 6.80. The molecule has 1 aromatic carbocycles. The molecule has 0 radical (unpaired) electrons. The van der Waals surface area contributed by atoms with Gasteiger partial charge in [0.15, 0.2) is 5.78 Å². The van der Waals surface area contributed by atoms with Crippen molar-refractivity contribution in [3.05, 3.63) is 75.1 Å². The van der Waals surface area contributed by atoms with Gasteiger partial charge in [0.25, 0.3) is 0 Å². The van der Waals surface area contributed by atoms with E-state index in [4.69, 9.17) is 16.3 Å². The molecule has 26 heavy (non-hydrogen) atoms. The van der Waals surface area contributed by atoms with Gasteiger partial charge in [-0.25, -0.2) is 4.79 Å². The third kappa shape index (κ3) is 4.86. The number of nitro groups is 1. The number of ketones is 1. The molecule has 7 nitrogen and oxygen atoms in total. The van der Waals surface area contributed by atoms with Crippen LogP contribution >= 0.6 is 11.6 Å². The first-order valence-electron chi connectivity index (χ1n) is 7.92. The van der Waals surface area contributed by atoms with Crippen LogP contribution in [-0.2, 0) is 9.53 Å². The van der Waals surface area contributed by atoms with Gasteiger partial charge in [-0.3, -0.25) is 19.9 Å².